The fourth-order valence-electron chi connectivity index (χ4n) is 3.36. The lowest BCUT2D eigenvalue weighted by atomic mass is 10.1. The number of epoxide rings is 1. The lowest BCUT2D eigenvalue weighted by molar-refractivity contribution is -0.0623. The van der Waals surface area contributed by atoms with Crippen LogP contribution in [0.2, 0.25) is 0 Å². The van der Waals surface area contributed by atoms with Crippen molar-refractivity contribution in [1.29, 1.82) is 0 Å². The molecule has 0 aromatic carbocycles. The monoisotopic (exact) mass is 496 g/mol. The molecule has 0 saturated carbocycles. The quantitative estimate of drug-likeness (QED) is 0.177. The number of unbranched alkanes of at least 4 members (excludes halogenated alkanes) is 2. The van der Waals surface area contributed by atoms with E-state index in [-0.39, 0.29) is 52.0 Å². The Bertz CT molecular complexity index is 361. The fraction of sp³-hybridized carbons (Fsp3) is 1.00. The van der Waals surface area contributed by atoms with E-state index in [1.54, 1.807) is 13.8 Å². The topological polar surface area (TPSA) is 103 Å². The predicted octanol–water partition coefficient (Wildman–Crippen LogP) is 6.26. The van der Waals surface area contributed by atoms with Crippen molar-refractivity contribution < 1.29 is 29.9 Å². The van der Waals surface area contributed by atoms with Crippen molar-refractivity contribution in [2.45, 2.75) is 170 Å². The van der Waals surface area contributed by atoms with Crippen LogP contribution in [0.3, 0.4) is 0 Å². The minimum Gasteiger partial charge on any atom is -0.394 e. The Kier molecular flexibility index (Phi) is 34.9. The summed E-state index contributed by atoms with van der Waals surface area (Å²) in [6, 6.07) is 0. The molecule has 6 atom stereocenters. The first-order valence-electron chi connectivity index (χ1n) is 13.2. The van der Waals surface area contributed by atoms with Crippen molar-refractivity contribution in [3.8, 4) is 0 Å². The Morgan fingerprint density at radius 1 is 0.765 bits per heavy atom. The van der Waals surface area contributed by atoms with E-state index in [9.17, 15) is 15.3 Å². The summed E-state index contributed by atoms with van der Waals surface area (Å²) in [4.78, 5) is 0. The summed E-state index contributed by atoms with van der Waals surface area (Å²) in [7, 11) is 0. The molecular weight excluding hydrogens is 432 g/mol. The Labute approximate surface area is 213 Å². The number of hydrogen-bond donors (Lipinski definition) is 4. The molecule has 0 spiro atoms. The number of aliphatic hydroxyl groups is 4. The second kappa shape index (κ2) is 29.0. The van der Waals surface area contributed by atoms with Crippen LogP contribution in [-0.4, -0.2) is 70.3 Å². The zero-order valence-corrected chi connectivity index (χ0v) is 22.0. The van der Waals surface area contributed by atoms with E-state index in [1.807, 2.05) is 0 Å². The van der Waals surface area contributed by atoms with Crippen LogP contribution in [0.5, 0.6) is 0 Å². The van der Waals surface area contributed by atoms with Crippen LogP contribution >= 0.6 is 0 Å². The van der Waals surface area contributed by atoms with Gasteiger partial charge in [0.05, 0.1) is 49.8 Å². The summed E-state index contributed by atoms with van der Waals surface area (Å²) < 4.78 is 10.8. The molecule has 212 valence electrons. The summed E-state index contributed by atoms with van der Waals surface area (Å²) in [5.41, 5.74) is 0. The molecule has 0 radical (unpaired) electrons. The lowest BCUT2D eigenvalue weighted by Gasteiger charge is -2.24. The van der Waals surface area contributed by atoms with Crippen molar-refractivity contribution in [3.05, 3.63) is 0 Å². The first kappa shape index (κ1) is 40.9. The highest BCUT2D eigenvalue weighted by atomic mass is 16.6. The van der Waals surface area contributed by atoms with E-state index in [2.05, 4.69) is 27.7 Å². The normalized spacial score (nSPS) is 18.4. The molecule has 1 rings (SSSR count). The van der Waals surface area contributed by atoms with Gasteiger partial charge in [0.25, 0.3) is 0 Å². The van der Waals surface area contributed by atoms with E-state index in [4.69, 9.17) is 14.6 Å². The first-order chi connectivity index (χ1) is 15.2. The molecule has 0 amide bonds. The number of rotatable bonds is 17. The zero-order chi connectivity index (χ0) is 24.8. The van der Waals surface area contributed by atoms with E-state index < -0.39 is 0 Å². The third-order valence-corrected chi connectivity index (χ3v) is 5.20. The predicted molar refractivity (Wildman–Crippen MR) is 146 cm³/mol. The maximum atomic E-state index is 9.40. The highest BCUT2D eigenvalue weighted by Crippen LogP contribution is 2.16. The highest BCUT2D eigenvalue weighted by molar-refractivity contribution is 4.67. The average molecular weight is 497 g/mol. The number of aliphatic hydroxyl groups excluding tert-OH is 4. The van der Waals surface area contributed by atoms with Crippen LogP contribution in [-0.2, 0) is 9.47 Å². The van der Waals surface area contributed by atoms with Gasteiger partial charge in [-0.1, -0.05) is 81.1 Å². The van der Waals surface area contributed by atoms with Gasteiger partial charge < -0.3 is 29.9 Å². The molecule has 1 aliphatic heterocycles. The van der Waals surface area contributed by atoms with Gasteiger partial charge in [-0.05, 0) is 52.4 Å². The van der Waals surface area contributed by atoms with Gasteiger partial charge >= 0.3 is 0 Å². The van der Waals surface area contributed by atoms with Crippen molar-refractivity contribution in [2.24, 2.45) is 0 Å². The van der Waals surface area contributed by atoms with Crippen LogP contribution in [0.4, 0.5) is 0 Å². The minimum atomic E-state index is -0.369. The van der Waals surface area contributed by atoms with Crippen molar-refractivity contribution in [2.75, 3.05) is 13.2 Å². The maximum Gasteiger partial charge on any atom is 0.0809 e. The molecule has 34 heavy (non-hydrogen) atoms. The number of ether oxygens (including phenoxy) is 2. The Morgan fingerprint density at radius 2 is 1.29 bits per heavy atom. The molecule has 1 heterocycles. The van der Waals surface area contributed by atoms with Crippen molar-refractivity contribution in [1.82, 2.24) is 0 Å². The Morgan fingerprint density at radius 3 is 1.65 bits per heavy atom. The molecule has 0 bridgehead atoms. The van der Waals surface area contributed by atoms with Crippen molar-refractivity contribution in [3.63, 3.8) is 0 Å². The third-order valence-electron chi connectivity index (χ3n) is 5.20. The molecule has 6 unspecified atom stereocenters. The smallest absolute Gasteiger partial charge is 0.0809 e. The standard InChI is InChI=1S/C13H28O3.C8H18O2.C5H10O.2CH4/c1-4-6-8-12(9-11(3)15)16-13(10-14)7-5-2;1-3-4-5-8(10)6-7(2)9;1-2-3-5-4-6-5;;/h11-15H,4-10H2,1-3H3;7-10H,3-6H2,1-2H3;5H,2-4H2,1H3;2*1H4. The van der Waals surface area contributed by atoms with Gasteiger partial charge in [0, 0.05) is 0 Å². The van der Waals surface area contributed by atoms with Gasteiger partial charge in [0.1, 0.15) is 0 Å². The van der Waals surface area contributed by atoms with E-state index in [0.717, 1.165) is 58.0 Å². The SMILES string of the molecule is C.C.CCCC1CO1.CCCCC(CC(C)O)OC(CO)CCC.CCCCC(O)CC(C)O. The van der Waals surface area contributed by atoms with Gasteiger partial charge in [0.2, 0.25) is 0 Å². The summed E-state index contributed by atoms with van der Waals surface area (Å²) in [5.74, 6) is 0. The van der Waals surface area contributed by atoms with Gasteiger partial charge in [-0.3, -0.25) is 0 Å². The lowest BCUT2D eigenvalue weighted by Crippen LogP contribution is -2.27. The van der Waals surface area contributed by atoms with Crippen LogP contribution in [0.1, 0.15) is 133 Å². The molecular formula is C28H64O6. The third kappa shape index (κ3) is 31.8. The van der Waals surface area contributed by atoms with Crippen LogP contribution in [0.25, 0.3) is 0 Å². The van der Waals surface area contributed by atoms with E-state index in [1.165, 1.54) is 12.8 Å². The zero-order valence-electron chi connectivity index (χ0n) is 22.0. The molecule has 1 saturated heterocycles. The summed E-state index contributed by atoms with van der Waals surface area (Å²) in [6.45, 7) is 13.1. The summed E-state index contributed by atoms with van der Waals surface area (Å²) in [6.07, 6.45) is 11.5. The largest absolute Gasteiger partial charge is 0.394 e. The number of hydrogen-bond acceptors (Lipinski definition) is 6. The van der Waals surface area contributed by atoms with Crippen molar-refractivity contribution >= 4 is 0 Å². The molecule has 1 fully saturated rings. The summed E-state index contributed by atoms with van der Waals surface area (Å²) in [5, 5.41) is 36.6. The molecule has 0 aromatic rings. The molecule has 6 nitrogen and oxygen atoms in total. The highest BCUT2D eigenvalue weighted by Gasteiger charge is 2.20. The molecule has 0 aliphatic carbocycles. The summed E-state index contributed by atoms with van der Waals surface area (Å²) >= 11 is 0. The Balaban J connectivity index is -0.000000213. The first-order valence-corrected chi connectivity index (χ1v) is 13.2. The minimum absolute atomic E-state index is 0. The van der Waals surface area contributed by atoms with Crippen LogP contribution < -0.4 is 0 Å². The fourth-order valence-corrected chi connectivity index (χ4v) is 3.36. The van der Waals surface area contributed by atoms with Crippen LogP contribution in [0, 0.1) is 0 Å². The molecule has 1 aliphatic rings. The molecule has 4 N–H and O–H groups in total. The van der Waals surface area contributed by atoms with E-state index in [0.29, 0.717) is 18.9 Å². The maximum absolute atomic E-state index is 9.40. The van der Waals surface area contributed by atoms with Gasteiger partial charge in [-0.15, -0.1) is 0 Å². The Hall–Kier alpha value is -0.240. The van der Waals surface area contributed by atoms with Gasteiger partial charge in [-0.2, -0.15) is 0 Å². The second-order valence-corrected chi connectivity index (χ2v) is 9.20. The molecule has 6 heteroatoms. The molecule has 0 aromatic heterocycles. The van der Waals surface area contributed by atoms with Crippen LogP contribution in [0.15, 0.2) is 0 Å². The average Bonchev–Trinajstić information content (AvgIpc) is 3.54. The van der Waals surface area contributed by atoms with Gasteiger partial charge in [0.15, 0.2) is 0 Å². The van der Waals surface area contributed by atoms with Gasteiger partial charge in [-0.25, -0.2) is 0 Å². The second-order valence-electron chi connectivity index (χ2n) is 9.20. The van der Waals surface area contributed by atoms with E-state index >= 15 is 0 Å².